The lowest BCUT2D eigenvalue weighted by molar-refractivity contribution is -0.384. The van der Waals surface area contributed by atoms with Gasteiger partial charge in [-0.3, -0.25) is 14.9 Å². The number of alkyl carbamates (subject to hydrolysis) is 1. The van der Waals surface area contributed by atoms with Crippen molar-refractivity contribution in [3.05, 3.63) is 106 Å². The maximum absolute atomic E-state index is 13.9. The van der Waals surface area contributed by atoms with Crippen LogP contribution in [0.3, 0.4) is 0 Å². The van der Waals surface area contributed by atoms with Crippen molar-refractivity contribution in [2.75, 3.05) is 19.6 Å². The number of hydrogen-bond donors (Lipinski definition) is 2. The molecule has 0 bridgehead atoms. The van der Waals surface area contributed by atoms with Crippen LogP contribution in [0.2, 0.25) is 0 Å². The topological polar surface area (TPSA) is 161 Å². The Morgan fingerprint density at radius 2 is 1.65 bits per heavy atom. The maximum atomic E-state index is 13.9. The molecule has 0 aliphatic carbocycles. The number of nitrogens with zero attached hydrogens (tertiary/aromatic N) is 2. The lowest BCUT2D eigenvalue weighted by Gasteiger charge is -2.28. The van der Waals surface area contributed by atoms with Gasteiger partial charge in [-0.2, -0.15) is 4.31 Å². The fourth-order valence-corrected chi connectivity index (χ4v) is 6.73. The van der Waals surface area contributed by atoms with Crippen molar-refractivity contribution < 1.29 is 32.1 Å². The summed E-state index contributed by atoms with van der Waals surface area (Å²) < 4.78 is 40.2. The van der Waals surface area contributed by atoms with Crippen molar-refractivity contribution in [3.8, 4) is 0 Å². The highest BCUT2D eigenvalue weighted by molar-refractivity contribution is 7.89. The number of hydrogen-bond acceptors (Lipinski definition) is 8. The van der Waals surface area contributed by atoms with Gasteiger partial charge in [0.15, 0.2) is 5.76 Å². The van der Waals surface area contributed by atoms with Crippen LogP contribution in [0.5, 0.6) is 0 Å². The summed E-state index contributed by atoms with van der Waals surface area (Å²) in [5.41, 5.74) is 1.18. The maximum Gasteiger partial charge on any atom is 0.407 e. The third kappa shape index (κ3) is 10.6. The van der Waals surface area contributed by atoms with Crippen LogP contribution in [0.4, 0.5) is 10.5 Å². The number of para-hydroxylation sites is 1. The van der Waals surface area contributed by atoms with E-state index < -0.39 is 33.0 Å². The van der Waals surface area contributed by atoms with Crippen molar-refractivity contribution in [3.63, 3.8) is 0 Å². The SMILES string of the molecule is CCCCCCCN(C[C@H](CCCNC(=O)OCc1ccccc1)NC(=O)c1cc2ccccc2o1)S(=O)(=O)c1ccc([N+](=O)[O-])cc1. The first-order valence-corrected chi connectivity index (χ1v) is 17.6. The van der Waals surface area contributed by atoms with Crippen molar-refractivity contribution in [1.82, 2.24) is 14.9 Å². The molecule has 0 saturated heterocycles. The Kier molecular flexibility index (Phi) is 13.5. The highest BCUT2D eigenvalue weighted by atomic mass is 32.2. The van der Waals surface area contributed by atoms with Crippen LogP contribution in [-0.2, 0) is 21.4 Å². The van der Waals surface area contributed by atoms with E-state index >= 15 is 0 Å². The summed E-state index contributed by atoms with van der Waals surface area (Å²) in [7, 11) is -4.08. The van der Waals surface area contributed by atoms with E-state index in [1.165, 1.54) is 16.4 Å². The molecule has 1 heterocycles. The van der Waals surface area contributed by atoms with Crippen LogP contribution in [0, 0.1) is 10.1 Å². The summed E-state index contributed by atoms with van der Waals surface area (Å²) in [6.45, 7) is 2.59. The number of rotatable bonds is 19. The lowest BCUT2D eigenvalue weighted by atomic mass is 10.1. The number of sulfonamides is 1. The van der Waals surface area contributed by atoms with Gasteiger partial charge in [0, 0.05) is 43.2 Å². The molecule has 0 radical (unpaired) electrons. The molecule has 0 unspecified atom stereocenters. The average Bonchev–Trinajstić information content (AvgIpc) is 3.54. The second kappa shape index (κ2) is 18.0. The quantitative estimate of drug-likeness (QED) is 0.0621. The van der Waals surface area contributed by atoms with Crippen molar-refractivity contribution in [2.24, 2.45) is 0 Å². The number of ether oxygens (including phenoxy) is 1. The van der Waals surface area contributed by atoms with E-state index in [2.05, 4.69) is 17.6 Å². The van der Waals surface area contributed by atoms with Gasteiger partial charge in [-0.15, -0.1) is 0 Å². The van der Waals surface area contributed by atoms with Gasteiger partial charge in [0.2, 0.25) is 10.0 Å². The number of carbonyl (C=O) groups is 2. The Balaban J connectivity index is 1.48. The Hall–Kier alpha value is -4.75. The highest BCUT2D eigenvalue weighted by Crippen LogP contribution is 2.23. The van der Waals surface area contributed by atoms with Gasteiger partial charge in [0.1, 0.15) is 12.2 Å². The smallest absolute Gasteiger partial charge is 0.407 e. The second-order valence-corrected chi connectivity index (χ2v) is 13.4. The first kappa shape index (κ1) is 36.1. The van der Waals surface area contributed by atoms with Gasteiger partial charge in [-0.25, -0.2) is 13.2 Å². The van der Waals surface area contributed by atoms with Crippen LogP contribution in [-0.4, -0.2) is 55.3 Å². The zero-order valence-corrected chi connectivity index (χ0v) is 27.8. The zero-order chi connectivity index (χ0) is 34.4. The molecule has 12 nitrogen and oxygen atoms in total. The van der Waals surface area contributed by atoms with E-state index in [-0.39, 0.29) is 42.6 Å². The number of non-ortho nitro benzene ring substituents is 1. The molecule has 3 aromatic carbocycles. The number of furan rings is 1. The monoisotopic (exact) mass is 678 g/mol. The molecule has 2 N–H and O–H groups in total. The minimum Gasteiger partial charge on any atom is -0.451 e. The number of carbonyl (C=O) groups excluding carboxylic acids is 2. The number of nitro benzene ring substituents is 1. The molecule has 0 fully saturated rings. The average molecular weight is 679 g/mol. The fraction of sp³-hybridized carbons (Fsp3) is 0.371. The van der Waals surface area contributed by atoms with Crippen LogP contribution in [0.25, 0.3) is 11.0 Å². The largest absolute Gasteiger partial charge is 0.451 e. The molecule has 48 heavy (non-hydrogen) atoms. The third-order valence-electron chi connectivity index (χ3n) is 7.82. The predicted molar refractivity (Wildman–Crippen MR) is 182 cm³/mol. The molecule has 256 valence electrons. The van der Waals surface area contributed by atoms with Crippen LogP contribution in [0.1, 0.15) is 68.0 Å². The van der Waals surface area contributed by atoms with Gasteiger partial charge in [0.25, 0.3) is 11.6 Å². The molecule has 1 atom stereocenters. The molecule has 1 aromatic heterocycles. The number of benzene rings is 3. The van der Waals surface area contributed by atoms with E-state index in [0.29, 0.717) is 24.8 Å². The molecule has 2 amide bonds. The molecule has 4 rings (SSSR count). The number of fused-ring (bicyclic) bond motifs is 1. The van der Waals surface area contributed by atoms with Gasteiger partial charge >= 0.3 is 6.09 Å². The summed E-state index contributed by atoms with van der Waals surface area (Å²) >= 11 is 0. The highest BCUT2D eigenvalue weighted by Gasteiger charge is 2.29. The number of unbranched alkanes of at least 4 members (excludes halogenated alkanes) is 4. The Morgan fingerprint density at radius 3 is 2.35 bits per heavy atom. The van der Waals surface area contributed by atoms with E-state index in [9.17, 15) is 28.1 Å². The van der Waals surface area contributed by atoms with Crippen LogP contribution >= 0.6 is 0 Å². The minimum atomic E-state index is -4.08. The lowest BCUT2D eigenvalue weighted by Crippen LogP contribution is -2.46. The summed E-state index contributed by atoms with van der Waals surface area (Å²) in [5, 5.41) is 17.6. The normalized spacial score (nSPS) is 12.1. The summed E-state index contributed by atoms with van der Waals surface area (Å²) in [4.78, 5) is 36.2. The molecular formula is C35H42N4O8S. The molecule has 0 spiro atoms. The van der Waals surface area contributed by atoms with Gasteiger partial charge < -0.3 is 19.8 Å². The summed E-state index contributed by atoms with van der Waals surface area (Å²) in [5.74, 6) is -0.407. The molecule has 13 heteroatoms. The number of nitrogens with one attached hydrogen (secondary N) is 2. The Morgan fingerprint density at radius 1 is 0.938 bits per heavy atom. The van der Waals surface area contributed by atoms with Crippen LogP contribution < -0.4 is 10.6 Å². The summed E-state index contributed by atoms with van der Waals surface area (Å²) in [6.07, 6.45) is 4.61. The van der Waals surface area contributed by atoms with E-state index in [1.54, 1.807) is 18.2 Å². The van der Waals surface area contributed by atoms with Crippen LogP contribution in [0.15, 0.2) is 94.2 Å². The first-order valence-electron chi connectivity index (χ1n) is 16.2. The predicted octanol–water partition coefficient (Wildman–Crippen LogP) is 6.81. The fourth-order valence-electron chi connectivity index (χ4n) is 5.21. The van der Waals surface area contributed by atoms with Gasteiger partial charge in [-0.1, -0.05) is 81.1 Å². The first-order chi connectivity index (χ1) is 23.2. The van der Waals surface area contributed by atoms with Crippen molar-refractivity contribution >= 4 is 38.7 Å². The third-order valence-corrected chi connectivity index (χ3v) is 9.70. The minimum absolute atomic E-state index is 0.0580. The zero-order valence-electron chi connectivity index (χ0n) is 27.0. The van der Waals surface area contributed by atoms with Gasteiger partial charge in [0.05, 0.1) is 9.82 Å². The standard InChI is InChI=1S/C35H42N4O8S/c1-2-3-4-5-11-23-38(48(44,45)31-20-18-30(19-21-31)39(42)43)25-29(37-34(40)33-24-28-15-9-10-17-32(28)47-33)16-12-22-36-35(41)46-26-27-13-7-6-8-14-27/h6-10,13-15,17-21,24,29H,2-5,11-12,16,22-23,25-26H2,1H3,(H,36,41)(H,37,40)/t29-/m0/s1. The van der Waals surface area contributed by atoms with E-state index in [1.807, 2.05) is 42.5 Å². The molecule has 4 aromatic rings. The van der Waals surface area contributed by atoms with E-state index in [4.69, 9.17) is 9.15 Å². The molecule has 0 aliphatic heterocycles. The number of nitro groups is 1. The van der Waals surface area contributed by atoms with E-state index in [0.717, 1.165) is 48.8 Å². The van der Waals surface area contributed by atoms with Crippen molar-refractivity contribution in [2.45, 2.75) is 69.4 Å². The van der Waals surface area contributed by atoms with Gasteiger partial charge in [-0.05, 0) is 49.1 Å². The molecule has 0 saturated carbocycles. The molecule has 0 aliphatic rings. The Labute approximate surface area is 280 Å². The van der Waals surface area contributed by atoms with Crippen molar-refractivity contribution in [1.29, 1.82) is 0 Å². The molecular weight excluding hydrogens is 636 g/mol. The summed E-state index contributed by atoms with van der Waals surface area (Å²) in [6, 6.07) is 22.2. The Bertz CT molecular complexity index is 1710. The number of amides is 2. The second-order valence-electron chi connectivity index (χ2n) is 11.5.